The van der Waals surface area contributed by atoms with E-state index in [1.54, 1.807) is 24.7 Å². The van der Waals surface area contributed by atoms with E-state index in [1.165, 1.54) is 5.56 Å². The minimum atomic E-state index is -0.906. The summed E-state index contributed by atoms with van der Waals surface area (Å²) in [4.78, 5) is 34.9. The van der Waals surface area contributed by atoms with Crippen molar-refractivity contribution < 1.29 is 14.7 Å². The first-order chi connectivity index (χ1) is 17.0. The Bertz CT molecular complexity index is 1110. The molecule has 0 aliphatic carbocycles. The highest BCUT2D eigenvalue weighted by atomic mass is 16.4. The highest BCUT2D eigenvalue weighted by Gasteiger charge is 2.25. The minimum Gasteiger partial charge on any atom is -0.481 e. The Labute approximate surface area is 205 Å². The van der Waals surface area contributed by atoms with Gasteiger partial charge >= 0.3 is 5.97 Å². The summed E-state index contributed by atoms with van der Waals surface area (Å²) in [6.07, 6.45) is 9.82. The van der Waals surface area contributed by atoms with Crippen LogP contribution in [0.25, 0.3) is 0 Å². The smallest absolute Gasteiger partial charge is 0.312 e. The molecule has 1 fully saturated rings. The first-order valence-electron chi connectivity index (χ1n) is 12.2. The number of carboxylic acid groups (broad SMARTS) is 1. The number of pyridine rings is 1. The van der Waals surface area contributed by atoms with Crippen LogP contribution in [0.5, 0.6) is 0 Å². The molecule has 3 heterocycles. The molecule has 4 rings (SSSR count). The fraction of sp³-hybridized carbons (Fsp3) is 0.407. The van der Waals surface area contributed by atoms with Gasteiger partial charge in [-0.3, -0.25) is 9.59 Å². The van der Waals surface area contributed by atoms with Crippen LogP contribution in [0.15, 0.2) is 61.2 Å². The van der Waals surface area contributed by atoms with Gasteiger partial charge in [-0.2, -0.15) is 0 Å². The topological polar surface area (TPSA) is 114 Å². The summed E-state index contributed by atoms with van der Waals surface area (Å²) in [5, 5.41) is 9.73. The third-order valence-electron chi connectivity index (χ3n) is 6.83. The molecule has 3 N–H and O–H groups in total. The number of aryl methyl sites for hydroxylation is 2. The number of nitrogen functional groups attached to an aromatic ring is 1. The quantitative estimate of drug-likeness (QED) is 0.464. The number of rotatable bonds is 10. The number of carboxylic acids is 1. The van der Waals surface area contributed by atoms with E-state index in [4.69, 9.17) is 5.73 Å². The highest BCUT2D eigenvalue weighted by Crippen LogP contribution is 2.24. The number of hydrogen-bond acceptors (Lipinski definition) is 5. The van der Waals surface area contributed by atoms with Crippen molar-refractivity contribution >= 4 is 17.7 Å². The zero-order valence-corrected chi connectivity index (χ0v) is 19.9. The molecule has 0 radical (unpaired) electrons. The van der Waals surface area contributed by atoms with E-state index in [9.17, 15) is 14.7 Å². The molecule has 0 saturated carbocycles. The fourth-order valence-electron chi connectivity index (χ4n) is 4.65. The third-order valence-corrected chi connectivity index (χ3v) is 6.83. The van der Waals surface area contributed by atoms with Crippen LogP contribution in [0.3, 0.4) is 0 Å². The van der Waals surface area contributed by atoms with E-state index in [1.807, 2.05) is 33.9 Å². The van der Waals surface area contributed by atoms with E-state index in [0.29, 0.717) is 30.3 Å². The average molecular weight is 476 g/mol. The molecule has 0 spiro atoms. The lowest BCUT2D eigenvalue weighted by Gasteiger charge is -2.32. The molecule has 1 amide bonds. The molecule has 3 aromatic rings. The van der Waals surface area contributed by atoms with Crippen molar-refractivity contribution in [1.29, 1.82) is 0 Å². The van der Waals surface area contributed by atoms with Crippen molar-refractivity contribution in [1.82, 2.24) is 19.4 Å². The SMILES string of the molecule is Nc1ccc(CC(C(=O)O)c2cn(CCC3CCN(C(=O)CCc4ccccc4)CC3)cn2)cn1. The van der Waals surface area contributed by atoms with Crippen LogP contribution in [0, 0.1) is 5.92 Å². The second-order valence-electron chi connectivity index (χ2n) is 9.32. The Kier molecular flexibility index (Phi) is 8.13. The van der Waals surface area contributed by atoms with Gasteiger partial charge in [0.25, 0.3) is 0 Å². The number of aliphatic carboxylic acids is 1. The van der Waals surface area contributed by atoms with Crippen LogP contribution in [0.4, 0.5) is 5.82 Å². The average Bonchev–Trinajstić information content (AvgIpc) is 3.35. The van der Waals surface area contributed by atoms with Crippen LogP contribution < -0.4 is 5.73 Å². The molecule has 1 aromatic carbocycles. The summed E-state index contributed by atoms with van der Waals surface area (Å²) in [6, 6.07) is 13.6. The number of aromatic nitrogens is 3. The van der Waals surface area contributed by atoms with Crippen LogP contribution in [0.1, 0.15) is 48.4 Å². The van der Waals surface area contributed by atoms with Gasteiger partial charge in [0.1, 0.15) is 11.7 Å². The predicted octanol–water partition coefficient (Wildman–Crippen LogP) is 3.53. The van der Waals surface area contributed by atoms with Gasteiger partial charge in [-0.1, -0.05) is 36.4 Å². The summed E-state index contributed by atoms with van der Waals surface area (Å²) in [7, 11) is 0. The Balaban J connectivity index is 1.22. The highest BCUT2D eigenvalue weighted by molar-refractivity contribution is 5.76. The predicted molar refractivity (Wildman–Crippen MR) is 134 cm³/mol. The maximum absolute atomic E-state index is 12.6. The van der Waals surface area contributed by atoms with E-state index < -0.39 is 11.9 Å². The largest absolute Gasteiger partial charge is 0.481 e. The molecule has 1 aliphatic heterocycles. The fourth-order valence-corrected chi connectivity index (χ4v) is 4.65. The number of imidazole rings is 1. The molecule has 1 saturated heterocycles. The lowest BCUT2D eigenvalue weighted by Crippen LogP contribution is -2.38. The first kappa shape index (κ1) is 24.4. The number of amides is 1. The number of anilines is 1. The van der Waals surface area contributed by atoms with Crippen molar-refractivity contribution in [3.05, 3.63) is 78.0 Å². The number of nitrogens with two attached hydrogens (primary N) is 1. The molecular formula is C27H33N5O3. The summed E-state index contributed by atoms with van der Waals surface area (Å²) in [5.74, 6) is -0.437. The number of nitrogens with zero attached hydrogens (tertiary/aromatic N) is 4. The molecule has 8 nitrogen and oxygen atoms in total. The van der Waals surface area contributed by atoms with Crippen LogP contribution >= 0.6 is 0 Å². The number of piperidine rings is 1. The monoisotopic (exact) mass is 475 g/mol. The van der Waals surface area contributed by atoms with Gasteiger partial charge in [-0.05, 0) is 55.2 Å². The van der Waals surface area contributed by atoms with Crippen LogP contribution in [-0.4, -0.2) is 49.5 Å². The Morgan fingerprint density at radius 3 is 2.51 bits per heavy atom. The van der Waals surface area contributed by atoms with Crippen molar-refractivity contribution in [2.24, 2.45) is 5.92 Å². The lowest BCUT2D eigenvalue weighted by atomic mass is 9.93. The zero-order valence-electron chi connectivity index (χ0n) is 19.9. The zero-order chi connectivity index (χ0) is 24.6. The number of likely N-dealkylation sites (tertiary alicyclic amines) is 1. The third kappa shape index (κ3) is 6.91. The van der Waals surface area contributed by atoms with E-state index >= 15 is 0 Å². The Hall–Kier alpha value is -3.68. The number of hydrogen-bond donors (Lipinski definition) is 2. The normalized spacial score (nSPS) is 15.1. The summed E-state index contributed by atoms with van der Waals surface area (Å²) in [5.41, 5.74) is 8.18. The van der Waals surface area contributed by atoms with Gasteiger partial charge in [0.2, 0.25) is 5.91 Å². The van der Waals surface area contributed by atoms with Crippen molar-refractivity contribution in [3.8, 4) is 0 Å². The summed E-state index contributed by atoms with van der Waals surface area (Å²) < 4.78 is 1.98. The molecule has 184 valence electrons. The Morgan fingerprint density at radius 1 is 1.06 bits per heavy atom. The summed E-state index contributed by atoms with van der Waals surface area (Å²) in [6.45, 7) is 2.41. The first-order valence-corrected chi connectivity index (χ1v) is 12.2. The second kappa shape index (κ2) is 11.6. The molecule has 8 heteroatoms. The molecule has 1 unspecified atom stereocenters. The minimum absolute atomic E-state index is 0.238. The maximum atomic E-state index is 12.6. The van der Waals surface area contributed by atoms with E-state index in [0.717, 1.165) is 50.9 Å². The van der Waals surface area contributed by atoms with Gasteiger partial charge in [-0.25, -0.2) is 9.97 Å². The maximum Gasteiger partial charge on any atom is 0.312 e. The standard InChI is InChI=1S/C27H33N5O3/c28-25-8-6-22(17-29-25)16-23(27(34)35)24-18-31(19-30-24)13-10-21-11-14-32(15-12-21)26(33)9-7-20-4-2-1-3-5-20/h1-6,8,17-19,21,23H,7,9-16H2,(H2,28,29)(H,34,35). The molecular weight excluding hydrogens is 442 g/mol. The molecule has 2 aromatic heterocycles. The molecule has 1 aliphatic rings. The van der Waals surface area contributed by atoms with Gasteiger partial charge in [0, 0.05) is 38.4 Å². The van der Waals surface area contributed by atoms with Gasteiger partial charge in [-0.15, -0.1) is 0 Å². The van der Waals surface area contributed by atoms with Gasteiger partial charge in [0.05, 0.1) is 12.0 Å². The molecule has 1 atom stereocenters. The number of carbonyl (C=O) groups excluding carboxylic acids is 1. The van der Waals surface area contributed by atoms with Crippen LogP contribution in [-0.2, 0) is 29.0 Å². The number of benzene rings is 1. The van der Waals surface area contributed by atoms with Crippen molar-refractivity contribution in [2.75, 3.05) is 18.8 Å². The summed E-state index contributed by atoms with van der Waals surface area (Å²) >= 11 is 0. The van der Waals surface area contributed by atoms with Gasteiger partial charge < -0.3 is 20.3 Å². The van der Waals surface area contributed by atoms with Crippen molar-refractivity contribution in [2.45, 2.75) is 51.0 Å². The van der Waals surface area contributed by atoms with Crippen LogP contribution in [0.2, 0.25) is 0 Å². The second-order valence-corrected chi connectivity index (χ2v) is 9.32. The van der Waals surface area contributed by atoms with E-state index in [2.05, 4.69) is 22.1 Å². The molecule has 35 heavy (non-hydrogen) atoms. The molecule has 0 bridgehead atoms. The van der Waals surface area contributed by atoms with Gasteiger partial charge in [0.15, 0.2) is 0 Å². The number of carbonyl (C=O) groups is 2. The van der Waals surface area contributed by atoms with Crippen molar-refractivity contribution in [3.63, 3.8) is 0 Å². The van der Waals surface area contributed by atoms with E-state index in [-0.39, 0.29) is 5.91 Å². The Morgan fingerprint density at radius 2 is 1.83 bits per heavy atom. The lowest BCUT2D eigenvalue weighted by molar-refractivity contribution is -0.139.